The molecule has 2 aromatic rings. The summed E-state index contributed by atoms with van der Waals surface area (Å²) in [5.41, 5.74) is 0.703. The smallest absolute Gasteiger partial charge is 0.325 e. The van der Waals surface area contributed by atoms with Crippen LogP contribution >= 0.6 is 0 Å². The van der Waals surface area contributed by atoms with Crippen molar-refractivity contribution < 1.29 is 23.6 Å². The molecular formula is C23H23FN4O4. The molecule has 5 amide bonds. The number of amides is 5. The van der Waals surface area contributed by atoms with E-state index in [0.29, 0.717) is 18.5 Å². The molecule has 8 nitrogen and oxygen atoms in total. The summed E-state index contributed by atoms with van der Waals surface area (Å²) in [6, 6.07) is 11.9. The number of nitrogens with one attached hydrogen (secondary N) is 2. The predicted octanol–water partition coefficient (Wildman–Crippen LogP) is 2.04. The number of nitrogens with zero attached hydrogens (tertiary/aromatic N) is 2. The molecule has 0 aromatic heterocycles. The minimum Gasteiger partial charge on any atom is -0.350 e. The van der Waals surface area contributed by atoms with Gasteiger partial charge in [-0.3, -0.25) is 19.3 Å². The lowest BCUT2D eigenvalue weighted by molar-refractivity contribution is -0.134. The summed E-state index contributed by atoms with van der Waals surface area (Å²) >= 11 is 0. The van der Waals surface area contributed by atoms with Gasteiger partial charge < -0.3 is 15.5 Å². The Morgan fingerprint density at radius 2 is 1.78 bits per heavy atom. The lowest BCUT2D eigenvalue weighted by Crippen LogP contribution is -2.43. The highest BCUT2D eigenvalue weighted by Crippen LogP contribution is 2.28. The van der Waals surface area contributed by atoms with Crippen molar-refractivity contribution in [2.45, 2.75) is 31.8 Å². The molecule has 0 spiro atoms. The van der Waals surface area contributed by atoms with Gasteiger partial charge in [0.2, 0.25) is 11.8 Å². The van der Waals surface area contributed by atoms with Crippen LogP contribution in [0.15, 0.2) is 48.5 Å². The van der Waals surface area contributed by atoms with Gasteiger partial charge in [-0.05, 0) is 48.7 Å². The van der Waals surface area contributed by atoms with Crippen LogP contribution in [-0.2, 0) is 26.5 Å². The average Bonchev–Trinajstić information content (AvgIpc) is 3.30. The summed E-state index contributed by atoms with van der Waals surface area (Å²) in [4.78, 5) is 52.0. The van der Waals surface area contributed by atoms with E-state index >= 15 is 0 Å². The highest BCUT2D eigenvalue weighted by Gasteiger charge is 2.49. The molecule has 2 aromatic carbocycles. The number of hydrogen-bond acceptors (Lipinski definition) is 4. The van der Waals surface area contributed by atoms with E-state index in [1.807, 2.05) is 24.3 Å². The fraction of sp³-hybridized carbons (Fsp3) is 0.304. The summed E-state index contributed by atoms with van der Waals surface area (Å²) in [7, 11) is 0. The van der Waals surface area contributed by atoms with Crippen LogP contribution < -0.4 is 15.5 Å². The molecule has 4 rings (SSSR count). The van der Waals surface area contributed by atoms with Crippen molar-refractivity contribution in [2.75, 3.05) is 18.0 Å². The zero-order valence-corrected chi connectivity index (χ0v) is 17.6. The van der Waals surface area contributed by atoms with E-state index < -0.39 is 35.7 Å². The van der Waals surface area contributed by atoms with Crippen LogP contribution in [0.2, 0.25) is 0 Å². The molecule has 2 fully saturated rings. The van der Waals surface area contributed by atoms with Crippen molar-refractivity contribution in [1.29, 1.82) is 0 Å². The molecule has 2 aliphatic heterocycles. The number of urea groups is 1. The van der Waals surface area contributed by atoms with Crippen molar-refractivity contribution in [3.05, 3.63) is 65.5 Å². The van der Waals surface area contributed by atoms with Crippen LogP contribution in [-0.4, -0.2) is 41.7 Å². The number of carbonyl (C=O) groups is 4. The number of anilines is 1. The average molecular weight is 438 g/mol. The molecule has 32 heavy (non-hydrogen) atoms. The van der Waals surface area contributed by atoms with Gasteiger partial charge in [0.15, 0.2) is 0 Å². The van der Waals surface area contributed by atoms with Crippen LogP contribution in [0.1, 0.15) is 30.9 Å². The molecule has 0 bridgehead atoms. The molecule has 2 heterocycles. The van der Waals surface area contributed by atoms with E-state index in [-0.39, 0.29) is 12.5 Å². The number of imide groups is 1. The number of benzene rings is 2. The maximum Gasteiger partial charge on any atom is 0.325 e. The van der Waals surface area contributed by atoms with E-state index in [1.165, 1.54) is 31.2 Å². The first-order chi connectivity index (χ1) is 15.3. The monoisotopic (exact) mass is 438 g/mol. The first-order valence-electron chi connectivity index (χ1n) is 10.3. The van der Waals surface area contributed by atoms with Crippen molar-refractivity contribution in [3.63, 3.8) is 0 Å². The molecule has 166 valence electrons. The van der Waals surface area contributed by atoms with E-state index in [1.54, 1.807) is 4.90 Å². The second-order valence-corrected chi connectivity index (χ2v) is 8.05. The molecule has 1 unspecified atom stereocenters. The number of carbonyl (C=O) groups excluding carboxylic acids is 4. The fourth-order valence-electron chi connectivity index (χ4n) is 3.93. The summed E-state index contributed by atoms with van der Waals surface area (Å²) in [6.07, 6.45) is 1.40. The van der Waals surface area contributed by atoms with E-state index in [0.717, 1.165) is 22.6 Å². The lowest BCUT2D eigenvalue weighted by Gasteiger charge is -2.22. The normalized spacial score (nSPS) is 20.6. The topological polar surface area (TPSA) is 98.8 Å². The van der Waals surface area contributed by atoms with E-state index in [4.69, 9.17) is 0 Å². The highest BCUT2D eigenvalue weighted by molar-refractivity contribution is 6.09. The van der Waals surface area contributed by atoms with Crippen LogP contribution in [0.3, 0.4) is 0 Å². The van der Waals surface area contributed by atoms with Crippen LogP contribution in [0.4, 0.5) is 14.9 Å². The third-order valence-corrected chi connectivity index (χ3v) is 5.81. The van der Waals surface area contributed by atoms with E-state index in [2.05, 4.69) is 10.6 Å². The molecule has 0 saturated carbocycles. The van der Waals surface area contributed by atoms with Gasteiger partial charge in [0.25, 0.3) is 5.91 Å². The van der Waals surface area contributed by atoms with Crippen LogP contribution in [0, 0.1) is 5.82 Å². The first kappa shape index (κ1) is 21.5. The first-order valence-corrected chi connectivity index (χ1v) is 10.3. The third kappa shape index (κ3) is 4.05. The molecule has 2 saturated heterocycles. The zero-order valence-electron chi connectivity index (χ0n) is 17.6. The Morgan fingerprint density at radius 3 is 2.41 bits per heavy atom. The Bertz CT molecular complexity index is 1070. The van der Waals surface area contributed by atoms with Gasteiger partial charge in [-0.2, -0.15) is 0 Å². The quantitative estimate of drug-likeness (QED) is 0.675. The minimum atomic E-state index is -1.37. The van der Waals surface area contributed by atoms with Crippen LogP contribution in [0.25, 0.3) is 0 Å². The SMILES string of the molecule is CC1(c2ccc(F)cc2)NC(=O)N(CC(=O)NCc2ccc(N3CCCC3=O)cc2)C1=O. The van der Waals surface area contributed by atoms with Gasteiger partial charge in [0, 0.05) is 25.2 Å². The van der Waals surface area contributed by atoms with E-state index in [9.17, 15) is 23.6 Å². The molecule has 9 heteroatoms. The minimum absolute atomic E-state index is 0.104. The Morgan fingerprint density at radius 1 is 1.09 bits per heavy atom. The number of halogens is 1. The van der Waals surface area contributed by atoms with Gasteiger partial charge in [0.05, 0.1) is 0 Å². The fourth-order valence-corrected chi connectivity index (χ4v) is 3.93. The highest BCUT2D eigenvalue weighted by atomic mass is 19.1. The van der Waals surface area contributed by atoms with Gasteiger partial charge in [0.1, 0.15) is 17.9 Å². The Labute approximate surface area is 184 Å². The summed E-state index contributed by atoms with van der Waals surface area (Å²) in [6.45, 7) is 2.01. The largest absolute Gasteiger partial charge is 0.350 e. The summed E-state index contributed by atoms with van der Waals surface area (Å²) < 4.78 is 13.2. The second-order valence-electron chi connectivity index (χ2n) is 8.05. The Hall–Kier alpha value is -3.75. The van der Waals surface area contributed by atoms with Crippen LogP contribution in [0.5, 0.6) is 0 Å². The van der Waals surface area contributed by atoms with Gasteiger partial charge in [-0.1, -0.05) is 24.3 Å². The standard InChI is InChI=1S/C23H23FN4O4/c1-23(16-6-8-17(24)9-7-16)21(31)28(22(32)26-23)14-19(29)25-13-15-4-10-18(11-5-15)27-12-2-3-20(27)30/h4-11H,2-3,12-14H2,1H3,(H,25,29)(H,26,32). The maximum atomic E-state index is 13.2. The molecular weight excluding hydrogens is 415 g/mol. The number of rotatable bonds is 6. The Kier molecular flexibility index (Phi) is 5.65. The van der Waals surface area contributed by atoms with Gasteiger partial charge in [-0.25, -0.2) is 9.18 Å². The van der Waals surface area contributed by atoms with Gasteiger partial charge in [-0.15, -0.1) is 0 Å². The molecule has 0 radical (unpaired) electrons. The second kappa shape index (κ2) is 8.41. The predicted molar refractivity (Wildman–Crippen MR) is 114 cm³/mol. The van der Waals surface area contributed by atoms with Crippen molar-refractivity contribution in [2.24, 2.45) is 0 Å². The Balaban J connectivity index is 1.35. The van der Waals surface area contributed by atoms with Gasteiger partial charge >= 0.3 is 6.03 Å². The molecule has 2 N–H and O–H groups in total. The maximum absolute atomic E-state index is 13.2. The lowest BCUT2D eigenvalue weighted by atomic mass is 9.92. The van der Waals surface area contributed by atoms with Crippen molar-refractivity contribution in [3.8, 4) is 0 Å². The van der Waals surface area contributed by atoms with Crippen molar-refractivity contribution >= 4 is 29.4 Å². The zero-order chi connectivity index (χ0) is 22.9. The molecule has 2 aliphatic rings. The summed E-state index contributed by atoms with van der Waals surface area (Å²) in [5, 5.41) is 5.28. The third-order valence-electron chi connectivity index (χ3n) is 5.81. The number of hydrogen-bond donors (Lipinski definition) is 2. The van der Waals surface area contributed by atoms with Crippen molar-refractivity contribution in [1.82, 2.24) is 15.5 Å². The molecule has 0 aliphatic carbocycles. The summed E-state index contributed by atoms with van der Waals surface area (Å²) in [5.74, 6) is -1.42. The molecule has 1 atom stereocenters.